The van der Waals surface area contributed by atoms with Gasteiger partial charge < -0.3 is 15.6 Å². The summed E-state index contributed by atoms with van der Waals surface area (Å²) >= 11 is 0. The molecule has 1 fully saturated rings. The molecule has 192 valence electrons. The molecule has 2 amide bonds. The van der Waals surface area contributed by atoms with Gasteiger partial charge in [-0.3, -0.25) is 9.47 Å². The van der Waals surface area contributed by atoms with Crippen molar-refractivity contribution in [3.05, 3.63) is 107 Å². The monoisotopic (exact) mass is 497 g/mol. The molecule has 3 N–H and O–H groups in total. The number of fused-ring (bicyclic) bond motifs is 1. The fraction of sp³-hybridized carbons (Fsp3) is 0.333. The molecule has 7 heteroatoms. The van der Waals surface area contributed by atoms with E-state index >= 15 is 0 Å². The molecule has 1 saturated heterocycles. The Hall–Kier alpha value is -3.84. The number of H-pyrrole nitrogens is 1. The van der Waals surface area contributed by atoms with Crippen LogP contribution in [-0.4, -0.2) is 44.0 Å². The second-order valence-electron chi connectivity index (χ2n) is 10.1. The highest BCUT2D eigenvalue weighted by atomic mass is 16.2. The van der Waals surface area contributed by atoms with Crippen LogP contribution in [0.5, 0.6) is 0 Å². The molecule has 4 aromatic rings. The van der Waals surface area contributed by atoms with E-state index in [1.807, 2.05) is 41.0 Å². The van der Waals surface area contributed by atoms with Crippen molar-refractivity contribution in [2.75, 3.05) is 6.54 Å². The molecule has 0 spiro atoms. The Kier molecular flexibility index (Phi) is 7.42. The number of nitrogens with two attached hydrogens (primary N) is 1. The van der Waals surface area contributed by atoms with Crippen molar-refractivity contribution in [2.24, 2.45) is 5.73 Å². The number of aromatic nitrogens is 2. The largest absolute Gasteiger partial charge is 0.351 e. The number of para-hydroxylation sites is 2. The third-order valence-corrected chi connectivity index (χ3v) is 7.65. The highest BCUT2D eigenvalue weighted by Gasteiger charge is 2.34. The van der Waals surface area contributed by atoms with E-state index in [4.69, 9.17) is 5.73 Å². The predicted molar refractivity (Wildman–Crippen MR) is 147 cm³/mol. The Morgan fingerprint density at radius 3 is 2.19 bits per heavy atom. The number of imidazole rings is 1. The summed E-state index contributed by atoms with van der Waals surface area (Å²) in [4.78, 5) is 32.6. The number of primary amides is 1. The Bertz CT molecular complexity index is 1340. The molecule has 0 bridgehead atoms. The van der Waals surface area contributed by atoms with Crippen LogP contribution in [0.4, 0.5) is 4.79 Å². The summed E-state index contributed by atoms with van der Waals surface area (Å²) in [6.07, 6.45) is 2.17. The Morgan fingerprint density at radius 2 is 1.57 bits per heavy atom. The van der Waals surface area contributed by atoms with Crippen LogP contribution in [0.2, 0.25) is 0 Å². The second kappa shape index (κ2) is 11.0. The number of urea groups is 1. The number of hydrogen-bond acceptors (Lipinski definition) is 3. The number of rotatable bonds is 8. The summed E-state index contributed by atoms with van der Waals surface area (Å²) in [5, 5.41) is 0. The molecule has 7 nitrogen and oxygen atoms in total. The van der Waals surface area contributed by atoms with Gasteiger partial charge >= 0.3 is 11.7 Å². The van der Waals surface area contributed by atoms with Gasteiger partial charge in [-0.05, 0) is 49.4 Å². The van der Waals surface area contributed by atoms with Gasteiger partial charge in [0.05, 0.1) is 11.0 Å². The second-order valence-corrected chi connectivity index (χ2v) is 10.1. The summed E-state index contributed by atoms with van der Waals surface area (Å²) in [5.41, 5.74) is 10.00. The molecule has 1 aromatic heterocycles. The van der Waals surface area contributed by atoms with Gasteiger partial charge in [0.25, 0.3) is 0 Å². The molecule has 2 heterocycles. The first-order valence-electron chi connectivity index (χ1n) is 13.1. The first-order valence-corrected chi connectivity index (χ1v) is 13.1. The predicted octanol–water partition coefficient (Wildman–Crippen LogP) is 4.89. The van der Waals surface area contributed by atoms with E-state index in [0.717, 1.165) is 30.5 Å². The van der Waals surface area contributed by atoms with Gasteiger partial charge in [-0.15, -0.1) is 0 Å². The summed E-state index contributed by atoms with van der Waals surface area (Å²) in [5.74, 6) is 0. The average Bonchev–Trinajstić information content (AvgIpc) is 3.25. The van der Waals surface area contributed by atoms with E-state index in [1.165, 1.54) is 11.1 Å². The van der Waals surface area contributed by atoms with Crippen molar-refractivity contribution in [1.82, 2.24) is 19.4 Å². The first-order chi connectivity index (χ1) is 18.0. The maximum absolute atomic E-state index is 12.9. The zero-order chi connectivity index (χ0) is 25.8. The fourth-order valence-corrected chi connectivity index (χ4v) is 5.76. The van der Waals surface area contributed by atoms with Gasteiger partial charge in [-0.25, -0.2) is 9.59 Å². The van der Waals surface area contributed by atoms with E-state index in [1.54, 1.807) is 4.90 Å². The summed E-state index contributed by atoms with van der Waals surface area (Å²) in [6.45, 7) is 4.39. The molecule has 3 aromatic carbocycles. The summed E-state index contributed by atoms with van der Waals surface area (Å²) in [7, 11) is 0. The Morgan fingerprint density at radius 1 is 0.973 bits per heavy atom. The molecule has 0 radical (unpaired) electrons. The van der Waals surface area contributed by atoms with Gasteiger partial charge in [0.1, 0.15) is 0 Å². The van der Waals surface area contributed by atoms with E-state index in [0.29, 0.717) is 19.4 Å². The molecular weight excluding hydrogens is 462 g/mol. The number of benzene rings is 3. The highest BCUT2D eigenvalue weighted by Crippen LogP contribution is 2.32. The van der Waals surface area contributed by atoms with Crippen LogP contribution >= 0.6 is 0 Å². The maximum atomic E-state index is 12.9. The maximum Gasteiger partial charge on any atom is 0.326 e. The molecule has 0 aliphatic carbocycles. The molecule has 37 heavy (non-hydrogen) atoms. The van der Waals surface area contributed by atoms with Crippen LogP contribution in [0, 0.1) is 0 Å². The number of carbonyl (C=O) groups is 1. The van der Waals surface area contributed by atoms with Crippen LogP contribution in [0.1, 0.15) is 43.4 Å². The lowest BCUT2D eigenvalue weighted by Crippen LogP contribution is -2.51. The minimum absolute atomic E-state index is 0.00754. The fourth-order valence-electron chi connectivity index (χ4n) is 5.76. The molecule has 1 aliphatic heterocycles. The number of aromatic amines is 1. The van der Waals surface area contributed by atoms with E-state index in [-0.39, 0.29) is 29.8 Å². The molecule has 3 atom stereocenters. The van der Waals surface area contributed by atoms with E-state index in [9.17, 15) is 9.59 Å². The normalized spacial score (nSPS) is 18.8. The lowest BCUT2D eigenvalue weighted by atomic mass is 9.91. The number of piperidine rings is 1. The molecule has 1 aliphatic rings. The minimum Gasteiger partial charge on any atom is -0.351 e. The SMILES string of the molecule is C[C@@H](CC1CC(n2c(=O)[nH]c3ccccc32)CCN1C(N)=O)N(Cc1ccccc1)Cc1ccccc1. The number of carbonyl (C=O) groups excluding carboxylic acids is 1. The third kappa shape index (κ3) is 5.62. The van der Waals surface area contributed by atoms with Gasteiger partial charge in [0.15, 0.2) is 0 Å². The van der Waals surface area contributed by atoms with Gasteiger partial charge in [0, 0.05) is 37.8 Å². The highest BCUT2D eigenvalue weighted by molar-refractivity contribution is 5.75. The topological polar surface area (TPSA) is 87.4 Å². The lowest BCUT2D eigenvalue weighted by Gasteiger charge is -2.41. The third-order valence-electron chi connectivity index (χ3n) is 7.65. The molecule has 2 unspecified atom stereocenters. The first kappa shape index (κ1) is 24.8. The molecule has 5 rings (SSSR count). The van der Waals surface area contributed by atoms with Crippen molar-refractivity contribution >= 4 is 17.1 Å². The van der Waals surface area contributed by atoms with Crippen LogP contribution in [-0.2, 0) is 13.1 Å². The number of hydrogen-bond donors (Lipinski definition) is 2. The van der Waals surface area contributed by atoms with Crippen molar-refractivity contribution in [2.45, 2.75) is 57.4 Å². The summed E-state index contributed by atoms with van der Waals surface area (Å²) in [6, 6.07) is 28.5. The van der Waals surface area contributed by atoms with Gasteiger partial charge in [0.2, 0.25) is 0 Å². The molecule has 0 saturated carbocycles. The molecular formula is C30H35N5O2. The standard InChI is InChI=1S/C30H35N5O2/c1-22(33(20-23-10-4-2-5-11-23)21-24-12-6-3-7-13-24)18-26-19-25(16-17-34(26)29(31)36)35-28-15-9-8-14-27(28)32-30(35)37/h2-15,22,25-26H,16-21H2,1H3,(H2,31,36)(H,32,37)/t22-,25?,26?/m0/s1. The van der Waals surface area contributed by atoms with Gasteiger partial charge in [-0.2, -0.15) is 0 Å². The smallest absolute Gasteiger partial charge is 0.326 e. The van der Waals surface area contributed by atoms with E-state index < -0.39 is 0 Å². The van der Waals surface area contributed by atoms with Crippen molar-refractivity contribution in [3.63, 3.8) is 0 Å². The van der Waals surface area contributed by atoms with Crippen LogP contribution in [0.15, 0.2) is 89.7 Å². The number of nitrogens with zero attached hydrogens (tertiary/aromatic N) is 3. The van der Waals surface area contributed by atoms with Crippen molar-refractivity contribution in [3.8, 4) is 0 Å². The minimum atomic E-state index is -0.389. The number of amides is 2. The Labute approximate surface area is 217 Å². The zero-order valence-corrected chi connectivity index (χ0v) is 21.3. The van der Waals surface area contributed by atoms with Crippen LogP contribution < -0.4 is 11.4 Å². The summed E-state index contributed by atoms with van der Waals surface area (Å²) < 4.78 is 1.87. The van der Waals surface area contributed by atoms with Gasteiger partial charge in [-0.1, -0.05) is 72.8 Å². The van der Waals surface area contributed by atoms with Crippen molar-refractivity contribution < 1.29 is 4.79 Å². The van der Waals surface area contributed by atoms with Crippen molar-refractivity contribution in [1.29, 1.82) is 0 Å². The average molecular weight is 498 g/mol. The number of likely N-dealkylation sites (tertiary alicyclic amines) is 1. The zero-order valence-electron chi connectivity index (χ0n) is 21.3. The quantitative estimate of drug-likeness (QED) is 0.363. The van der Waals surface area contributed by atoms with E-state index in [2.05, 4.69) is 65.3 Å². The lowest BCUT2D eigenvalue weighted by molar-refractivity contribution is 0.0964. The van der Waals surface area contributed by atoms with Crippen LogP contribution in [0.3, 0.4) is 0 Å². The van der Waals surface area contributed by atoms with Crippen LogP contribution in [0.25, 0.3) is 11.0 Å². The number of nitrogens with one attached hydrogen (secondary N) is 1. The Balaban J connectivity index is 1.39.